The second-order valence-corrected chi connectivity index (χ2v) is 40.5. The van der Waals surface area contributed by atoms with Gasteiger partial charge in [0.2, 0.25) is 0 Å². The van der Waals surface area contributed by atoms with E-state index in [1.54, 1.807) is 84.0 Å². The smallest absolute Gasteiger partial charge is 0.327 e. The fourth-order valence-electron chi connectivity index (χ4n) is 11.5. The number of methoxy groups -OCH3 is 2. The molecule has 9 aromatic rings. The summed E-state index contributed by atoms with van der Waals surface area (Å²) >= 11 is 6.58. The highest BCUT2D eigenvalue weighted by atomic mass is 32.5. The SMILES string of the molecule is COc1ccc(C(OC[C@H]2O[C@@H](n3cnc4c(NC(=O)c5ccccc5)ncnc43)[C@H](OP(=S)(OCCC#N)OC[C@H]3OC(n4cnc5c(NC(=O)c6ccccc6)ncnc54)[C@H](O[Si](C)(C)C(C)(C)C)[C@@H]3O[PH](=O)O)[C@@H]2O[Si](C)(C)C(C)(C)C)(c2ccccc2)c2ccc(OC)cc2)cc1. The number of aromatic nitrogens is 8. The maximum Gasteiger partial charge on any atom is 0.327 e. The van der Waals surface area contributed by atoms with E-state index >= 15 is 0 Å². The predicted molar refractivity (Wildman–Crippen MR) is 387 cm³/mol. The summed E-state index contributed by atoms with van der Waals surface area (Å²) in [6.45, 7) is 15.3. The van der Waals surface area contributed by atoms with Crippen LogP contribution in [0, 0.1) is 11.3 Å². The van der Waals surface area contributed by atoms with Crippen molar-refractivity contribution in [3.63, 3.8) is 0 Å². The number of hydrogen-bond donors (Lipinski definition) is 3. The summed E-state index contributed by atoms with van der Waals surface area (Å²) in [6, 6.07) is 44.5. The van der Waals surface area contributed by atoms with Crippen molar-refractivity contribution in [3.05, 3.63) is 193 Å². The van der Waals surface area contributed by atoms with Crippen LogP contribution >= 0.6 is 15.0 Å². The largest absolute Gasteiger partial charge is 0.497 e. The van der Waals surface area contributed by atoms with Gasteiger partial charge in [-0.15, -0.1) is 0 Å². The van der Waals surface area contributed by atoms with Crippen LogP contribution in [0.15, 0.2) is 165 Å². The minimum Gasteiger partial charge on any atom is -0.497 e. The van der Waals surface area contributed by atoms with Crippen LogP contribution in [-0.2, 0) is 63.1 Å². The highest BCUT2D eigenvalue weighted by molar-refractivity contribution is 8.07. The molecule has 5 aromatic carbocycles. The standard InChI is InChI=1S/C70H83N11O15P2SSi2/c1-68(2,3)100(9,10)95-57-52(39-88-70(47-27-20-15-21-28-47,48-29-33-50(86-7)34-30-48)49-31-35-51(87-8)36-32-49)91-66(80-43-76-54-60(72-41-74-62(54)80)78-64(82)45-23-16-13-17-24-45)58(57)94-98(99,89-38-22-37-71)90-40-53-56(93-97(84)85)59(96-101(11,12)69(4,5)6)67(92-53)81-44-77-55-61(73-42-75-63(55)81)79-65(83)46-25-18-14-19-26-46/h13-21,23-36,41-44,52-53,56-59,66-67,97H,22,38-40H2,1-12H3,(H,84,85)(H,72,74,78,82)(H,73,75,79,83)/t52-,53-,56-,57-,58-,59-,66-,67?,98?/m1/s1. The number of fused-ring (bicyclic) bond motifs is 2. The molecule has 2 aliphatic rings. The van der Waals surface area contributed by atoms with Gasteiger partial charge in [-0.1, -0.05) is 133 Å². The Hall–Kier alpha value is -7.86. The molecule has 2 fully saturated rings. The molecule has 11 rings (SSSR count). The Morgan fingerprint density at radius 3 is 1.49 bits per heavy atom. The fraction of sp³-hybridized carbons (Fsp3) is 0.386. The normalized spacial score (nSPS) is 20.7. The van der Waals surface area contributed by atoms with E-state index in [2.05, 4.69) is 70.5 Å². The topological polar surface area (TPSA) is 308 Å². The third kappa shape index (κ3) is 16.2. The van der Waals surface area contributed by atoms with Gasteiger partial charge in [-0.2, -0.15) is 5.26 Å². The third-order valence-corrected chi connectivity index (χ3v) is 30.6. The maximum atomic E-state index is 13.8. The number of anilines is 2. The quantitative estimate of drug-likeness (QED) is 0.0178. The lowest BCUT2D eigenvalue weighted by atomic mass is 9.80. The van der Waals surface area contributed by atoms with E-state index in [1.165, 1.54) is 25.3 Å². The van der Waals surface area contributed by atoms with Crippen molar-refractivity contribution in [1.29, 1.82) is 5.26 Å². The minimum absolute atomic E-state index is 0.103. The zero-order valence-corrected chi connectivity index (χ0v) is 62.8. The summed E-state index contributed by atoms with van der Waals surface area (Å²) in [5, 5.41) is 15.0. The summed E-state index contributed by atoms with van der Waals surface area (Å²) in [6.07, 6.45) is -4.35. The van der Waals surface area contributed by atoms with Gasteiger partial charge in [0.15, 0.2) is 63.1 Å². The van der Waals surface area contributed by atoms with Crippen LogP contribution in [0.1, 0.15) is 97.8 Å². The van der Waals surface area contributed by atoms with Gasteiger partial charge in [-0.25, -0.2) is 29.9 Å². The number of ether oxygens (including phenoxy) is 5. The molecular formula is C70H83N11O15P2SSi2. The Labute approximate surface area is 593 Å². The molecule has 2 amide bonds. The molecule has 6 heterocycles. The summed E-state index contributed by atoms with van der Waals surface area (Å²) in [5.74, 6) is 0.580. The van der Waals surface area contributed by atoms with E-state index in [0.717, 1.165) is 16.7 Å². The van der Waals surface area contributed by atoms with E-state index < -0.39 is 115 Å². The highest BCUT2D eigenvalue weighted by Crippen LogP contribution is 2.57. The van der Waals surface area contributed by atoms with Crippen molar-refractivity contribution >= 4 is 89.2 Å². The monoisotopic (exact) mass is 1470 g/mol. The van der Waals surface area contributed by atoms with Crippen LogP contribution in [0.4, 0.5) is 11.6 Å². The Morgan fingerprint density at radius 1 is 0.604 bits per heavy atom. The Balaban J connectivity index is 1.03. The number of nitrogens with one attached hydrogen (secondary N) is 2. The lowest BCUT2D eigenvalue weighted by Gasteiger charge is -2.42. The third-order valence-electron chi connectivity index (χ3n) is 18.8. The first-order valence-corrected chi connectivity index (χ1v) is 42.4. The number of carbonyl (C=O) groups excluding carboxylic acids is 2. The molecule has 2 aliphatic heterocycles. The molecule has 3 unspecified atom stereocenters. The Kier molecular flexibility index (Phi) is 22.8. The fourth-order valence-corrected chi connectivity index (χ4v) is 16.7. The van der Waals surface area contributed by atoms with Gasteiger partial charge in [0.25, 0.3) is 11.8 Å². The molecule has 0 aliphatic carbocycles. The van der Waals surface area contributed by atoms with E-state index in [-0.39, 0.29) is 53.6 Å². The zero-order valence-electron chi connectivity index (χ0n) is 58.1. The van der Waals surface area contributed by atoms with Gasteiger partial charge in [0, 0.05) is 11.1 Å². The first-order chi connectivity index (χ1) is 48.2. The van der Waals surface area contributed by atoms with Crippen LogP contribution in [0.2, 0.25) is 36.3 Å². The van der Waals surface area contributed by atoms with Crippen LogP contribution in [0.3, 0.4) is 0 Å². The van der Waals surface area contributed by atoms with Gasteiger partial charge in [0.05, 0.1) is 59.2 Å². The van der Waals surface area contributed by atoms with Crippen molar-refractivity contribution < 1.29 is 69.7 Å². The summed E-state index contributed by atoms with van der Waals surface area (Å²) in [4.78, 5) is 65.9. The number of rotatable bonds is 28. The number of hydrogen-bond acceptors (Lipinski definition) is 22. The van der Waals surface area contributed by atoms with E-state index in [1.807, 2.05) is 113 Å². The van der Waals surface area contributed by atoms with Crippen LogP contribution in [0.5, 0.6) is 11.5 Å². The number of imidazole rings is 2. The molecule has 532 valence electrons. The predicted octanol–water partition coefficient (Wildman–Crippen LogP) is 13.1. The number of amides is 2. The van der Waals surface area contributed by atoms with Gasteiger partial charge in [-0.05, 0) is 113 Å². The van der Waals surface area contributed by atoms with Crippen molar-refractivity contribution in [3.8, 4) is 17.6 Å². The van der Waals surface area contributed by atoms with E-state index in [4.69, 9.17) is 72.4 Å². The number of benzene rings is 5. The van der Waals surface area contributed by atoms with Crippen LogP contribution in [0.25, 0.3) is 22.3 Å². The molecular weight excluding hydrogens is 1390 g/mol. The highest BCUT2D eigenvalue weighted by Gasteiger charge is 2.57. The summed E-state index contributed by atoms with van der Waals surface area (Å²) in [5.41, 5.74) is 2.49. The number of nitriles is 1. The van der Waals surface area contributed by atoms with Gasteiger partial charge >= 0.3 is 15.0 Å². The second-order valence-electron chi connectivity index (χ2n) is 27.3. The Bertz CT molecular complexity index is 4430. The molecule has 4 aromatic heterocycles. The summed E-state index contributed by atoms with van der Waals surface area (Å²) < 4.78 is 91.7. The first-order valence-electron chi connectivity index (χ1n) is 32.7. The van der Waals surface area contributed by atoms with E-state index in [9.17, 15) is 24.3 Å². The van der Waals surface area contributed by atoms with Gasteiger partial charge in [-0.3, -0.25) is 27.8 Å². The minimum atomic E-state index is -4.34. The maximum absolute atomic E-state index is 13.8. The Morgan fingerprint density at radius 2 is 1.04 bits per heavy atom. The van der Waals surface area contributed by atoms with Crippen molar-refractivity contribution in [2.45, 2.75) is 139 Å². The molecule has 31 heteroatoms. The van der Waals surface area contributed by atoms with Crippen LogP contribution < -0.4 is 20.1 Å². The molecule has 10 atom stereocenters. The molecule has 26 nitrogen and oxygen atoms in total. The molecule has 101 heavy (non-hydrogen) atoms. The molecule has 3 N–H and O–H groups in total. The molecule has 2 saturated heterocycles. The summed E-state index contributed by atoms with van der Waals surface area (Å²) in [7, 11) is -6.45. The van der Waals surface area contributed by atoms with E-state index in [0.29, 0.717) is 22.6 Å². The molecule has 0 saturated carbocycles. The lowest BCUT2D eigenvalue weighted by molar-refractivity contribution is -0.0930. The molecule has 0 bridgehead atoms. The van der Waals surface area contributed by atoms with Gasteiger partial charge < -0.3 is 61.6 Å². The average molecular weight is 1470 g/mol. The van der Waals surface area contributed by atoms with Crippen molar-refractivity contribution in [2.75, 3.05) is 44.7 Å². The molecule has 0 spiro atoms. The molecule has 0 radical (unpaired) electrons. The first kappa shape index (κ1) is 74.3. The average Bonchev–Trinajstić information content (AvgIpc) is 1.64. The van der Waals surface area contributed by atoms with Gasteiger partial charge in [0.1, 0.15) is 66.4 Å². The number of carbonyl (C=O) groups is 2. The van der Waals surface area contributed by atoms with Crippen molar-refractivity contribution in [1.82, 2.24) is 39.0 Å². The van der Waals surface area contributed by atoms with Crippen LogP contribution in [-0.4, -0.2) is 143 Å². The second kappa shape index (κ2) is 31.0. The number of nitrogens with zero attached hydrogens (tertiary/aromatic N) is 9. The van der Waals surface area contributed by atoms with Crippen molar-refractivity contribution in [2.24, 2.45) is 0 Å². The zero-order chi connectivity index (χ0) is 72.1. The lowest BCUT2D eigenvalue weighted by Crippen LogP contribution is -2.51.